The number of nitrogens with zero attached hydrogens (tertiary/aromatic N) is 3. The van der Waals surface area contributed by atoms with Gasteiger partial charge in [-0.2, -0.15) is 5.10 Å². The van der Waals surface area contributed by atoms with Crippen LogP contribution in [0.25, 0.3) is 15.9 Å². The molecule has 3 aromatic rings. The summed E-state index contributed by atoms with van der Waals surface area (Å²) in [5.41, 5.74) is 1.68. The smallest absolute Gasteiger partial charge is 0.264 e. The van der Waals surface area contributed by atoms with Crippen LogP contribution in [0.4, 0.5) is 4.39 Å². The summed E-state index contributed by atoms with van der Waals surface area (Å²) >= 11 is 1.46. The van der Waals surface area contributed by atoms with Gasteiger partial charge in [0.05, 0.1) is 16.3 Å². The molecule has 1 amide bonds. The number of aromatic nitrogens is 2. The fourth-order valence-electron chi connectivity index (χ4n) is 3.28. The highest BCUT2D eigenvalue weighted by Crippen LogP contribution is 2.32. The van der Waals surface area contributed by atoms with Gasteiger partial charge in [0.15, 0.2) is 0 Å². The maximum absolute atomic E-state index is 13.2. The second-order valence-corrected chi connectivity index (χ2v) is 7.81. The minimum absolute atomic E-state index is 0.109. The van der Waals surface area contributed by atoms with E-state index in [0.717, 1.165) is 52.4 Å². The molecule has 0 aliphatic carbocycles. The molecule has 3 heterocycles. The van der Waals surface area contributed by atoms with Gasteiger partial charge in [0.1, 0.15) is 10.6 Å². The van der Waals surface area contributed by atoms with Crippen LogP contribution in [0.2, 0.25) is 0 Å². The first kappa shape index (κ1) is 16.3. The van der Waals surface area contributed by atoms with Crippen LogP contribution in [0.15, 0.2) is 30.3 Å². The maximum atomic E-state index is 13.2. The van der Waals surface area contributed by atoms with E-state index in [1.54, 1.807) is 16.8 Å². The van der Waals surface area contributed by atoms with E-state index in [9.17, 15) is 9.18 Å². The van der Waals surface area contributed by atoms with Crippen molar-refractivity contribution in [1.29, 1.82) is 0 Å². The Hall–Kier alpha value is -2.21. The first-order valence-electron chi connectivity index (χ1n) is 8.57. The van der Waals surface area contributed by atoms with Crippen molar-refractivity contribution >= 4 is 27.5 Å². The number of likely N-dealkylation sites (tertiary alicyclic amines) is 1. The lowest BCUT2D eigenvalue weighted by Crippen LogP contribution is -2.37. The minimum Gasteiger partial charge on any atom is -0.338 e. The van der Waals surface area contributed by atoms with E-state index in [1.165, 1.54) is 23.5 Å². The summed E-state index contributed by atoms with van der Waals surface area (Å²) in [6.45, 7) is 5.84. The van der Waals surface area contributed by atoms with Gasteiger partial charge in [-0.25, -0.2) is 9.07 Å². The summed E-state index contributed by atoms with van der Waals surface area (Å²) in [4.78, 5) is 16.5. The standard InChI is InChI=1S/C19H20FN3OS/c1-12-7-9-22(10-8-12)18(24)17-11-16-13(2)21-23(19(16)25-17)15-5-3-14(20)4-6-15/h3-6,11-12H,7-10H2,1-2H3. The lowest BCUT2D eigenvalue weighted by atomic mass is 9.99. The number of hydrogen-bond acceptors (Lipinski definition) is 3. The fraction of sp³-hybridized carbons (Fsp3) is 0.368. The molecule has 25 heavy (non-hydrogen) atoms. The maximum Gasteiger partial charge on any atom is 0.264 e. The van der Waals surface area contributed by atoms with Crippen LogP contribution < -0.4 is 0 Å². The van der Waals surface area contributed by atoms with E-state index in [1.807, 2.05) is 17.9 Å². The molecule has 0 radical (unpaired) electrons. The van der Waals surface area contributed by atoms with Crippen molar-refractivity contribution in [2.45, 2.75) is 26.7 Å². The van der Waals surface area contributed by atoms with Crippen molar-refractivity contribution in [3.8, 4) is 5.69 Å². The molecule has 4 nitrogen and oxygen atoms in total. The number of aryl methyl sites for hydroxylation is 1. The van der Waals surface area contributed by atoms with Crippen LogP contribution in [0.3, 0.4) is 0 Å². The summed E-state index contributed by atoms with van der Waals surface area (Å²) in [7, 11) is 0. The number of thiophene rings is 1. The number of amides is 1. The van der Waals surface area contributed by atoms with Crippen LogP contribution in [-0.2, 0) is 0 Å². The molecule has 0 unspecified atom stereocenters. The van der Waals surface area contributed by atoms with Gasteiger partial charge >= 0.3 is 0 Å². The number of rotatable bonds is 2. The van der Waals surface area contributed by atoms with Gasteiger partial charge in [-0.3, -0.25) is 4.79 Å². The minimum atomic E-state index is -0.273. The molecule has 1 aliphatic rings. The van der Waals surface area contributed by atoms with Crippen LogP contribution >= 0.6 is 11.3 Å². The number of fused-ring (bicyclic) bond motifs is 1. The highest BCUT2D eigenvalue weighted by Gasteiger charge is 2.24. The average molecular weight is 357 g/mol. The van der Waals surface area contributed by atoms with E-state index in [0.29, 0.717) is 5.92 Å². The molecule has 1 aromatic carbocycles. The Morgan fingerprint density at radius 2 is 1.92 bits per heavy atom. The third-order valence-electron chi connectivity index (χ3n) is 4.90. The van der Waals surface area contributed by atoms with Gasteiger partial charge in [0, 0.05) is 18.5 Å². The molecule has 0 saturated carbocycles. The first-order chi connectivity index (χ1) is 12.0. The molecule has 0 spiro atoms. The van der Waals surface area contributed by atoms with Crippen LogP contribution in [0, 0.1) is 18.7 Å². The highest BCUT2D eigenvalue weighted by molar-refractivity contribution is 7.20. The van der Waals surface area contributed by atoms with E-state index in [-0.39, 0.29) is 11.7 Å². The number of halogens is 1. The Labute approximate surface area is 149 Å². The van der Waals surface area contributed by atoms with Crippen molar-refractivity contribution in [3.63, 3.8) is 0 Å². The quantitative estimate of drug-likeness (QED) is 0.681. The van der Waals surface area contributed by atoms with Crippen molar-refractivity contribution < 1.29 is 9.18 Å². The second kappa shape index (κ2) is 6.26. The zero-order valence-corrected chi connectivity index (χ0v) is 15.1. The third-order valence-corrected chi connectivity index (χ3v) is 6.00. The molecule has 2 aromatic heterocycles. The molecule has 1 fully saturated rings. The van der Waals surface area contributed by atoms with Gasteiger partial charge < -0.3 is 4.90 Å². The monoisotopic (exact) mass is 357 g/mol. The lowest BCUT2D eigenvalue weighted by molar-refractivity contribution is 0.0702. The molecule has 0 atom stereocenters. The average Bonchev–Trinajstić information content (AvgIpc) is 3.17. The summed E-state index contributed by atoms with van der Waals surface area (Å²) in [5, 5.41) is 5.54. The van der Waals surface area contributed by atoms with Crippen molar-refractivity contribution in [2.24, 2.45) is 5.92 Å². The summed E-state index contributed by atoms with van der Waals surface area (Å²) in [6.07, 6.45) is 2.14. The molecule has 0 bridgehead atoms. The van der Waals surface area contributed by atoms with Gasteiger partial charge in [0.25, 0.3) is 5.91 Å². The number of carbonyl (C=O) groups excluding carboxylic acids is 1. The Kier molecular flexibility index (Phi) is 4.07. The van der Waals surface area contributed by atoms with E-state index in [4.69, 9.17) is 0 Å². The Morgan fingerprint density at radius 1 is 1.24 bits per heavy atom. The molecular weight excluding hydrogens is 337 g/mol. The van der Waals surface area contributed by atoms with Crippen LogP contribution in [0.1, 0.15) is 35.1 Å². The van der Waals surface area contributed by atoms with Crippen LogP contribution in [0.5, 0.6) is 0 Å². The lowest BCUT2D eigenvalue weighted by Gasteiger charge is -2.29. The number of benzene rings is 1. The summed E-state index contributed by atoms with van der Waals surface area (Å²) < 4.78 is 15.0. The number of carbonyl (C=O) groups is 1. The molecule has 6 heteroatoms. The second-order valence-electron chi connectivity index (χ2n) is 6.78. The normalized spacial score (nSPS) is 15.9. The van der Waals surface area contributed by atoms with Crippen molar-refractivity contribution in [3.05, 3.63) is 46.7 Å². The van der Waals surface area contributed by atoms with Gasteiger partial charge in [-0.15, -0.1) is 11.3 Å². The predicted molar refractivity (Wildman–Crippen MR) is 97.9 cm³/mol. The summed E-state index contributed by atoms with van der Waals surface area (Å²) in [5.74, 6) is 0.532. The Bertz CT molecular complexity index is 920. The van der Waals surface area contributed by atoms with E-state index >= 15 is 0 Å². The van der Waals surface area contributed by atoms with Gasteiger partial charge in [0.2, 0.25) is 0 Å². The molecule has 0 N–H and O–H groups in total. The third kappa shape index (κ3) is 2.95. The zero-order valence-electron chi connectivity index (χ0n) is 14.3. The number of hydrogen-bond donors (Lipinski definition) is 0. The van der Waals surface area contributed by atoms with E-state index < -0.39 is 0 Å². The molecule has 4 rings (SSSR count). The Balaban J connectivity index is 1.69. The fourth-order valence-corrected chi connectivity index (χ4v) is 4.43. The molecule has 1 aliphatic heterocycles. The van der Waals surface area contributed by atoms with Crippen LogP contribution in [-0.4, -0.2) is 33.7 Å². The zero-order chi connectivity index (χ0) is 17.6. The van der Waals surface area contributed by atoms with Crippen molar-refractivity contribution in [2.75, 3.05) is 13.1 Å². The van der Waals surface area contributed by atoms with Gasteiger partial charge in [-0.1, -0.05) is 6.92 Å². The summed E-state index contributed by atoms with van der Waals surface area (Å²) in [6, 6.07) is 8.20. The molecular formula is C19H20FN3OS. The molecule has 1 saturated heterocycles. The van der Waals surface area contributed by atoms with Crippen molar-refractivity contribution in [1.82, 2.24) is 14.7 Å². The van der Waals surface area contributed by atoms with Gasteiger partial charge in [-0.05, 0) is 56.0 Å². The predicted octanol–water partition coefficient (Wildman–Crippen LogP) is 4.41. The topological polar surface area (TPSA) is 38.1 Å². The largest absolute Gasteiger partial charge is 0.338 e. The van der Waals surface area contributed by atoms with E-state index in [2.05, 4.69) is 12.0 Å². The number of piperidine rings is 1. The first-order valence-corrected chi connectivity index (χ1v) is 9.39. The SMILES string of the molecule is Cc1nn(-c2ccc(F)cc2)c2sc(C(=O)N3CCC(C)CC3)cc12. The molecule has 130 valence electrons. The Morgan fingerprint density at radius 3 is 2.60 bits per heavy atom. The highest BCUT2D eigenvalue weighted by atomic mass is 32.1.